The van der Waals surface area contributed by atoms with E-state index in [0.717, 1.165) is 49.5 Å². The Labute approximate surface area is 175 Å². The first-order valence-electron chi connectivity index (χ1n) is 10.6. The summed E-state index contributed by atoms with van der Waals surface area (Å²) in [6.45, 7) is 2.04. The molecule has 0 radical (unpaired) electrons. The van der Waals surface area contributed by atoms with Crippen LogP contribution in [0.15, 0.2) is 28.2 Å². The number of likely N-dealkylation sites (tertiary alicyclic amines) is 1. The third-order valence-corrected chi connectivity index (χ3v) is 7.18. The fraction of sp³-hybridized carbons (Fsp3) is 0.591. The number of hydrogen-bond acceptors (Lipinski definition) is 5. The molecule has 1 aliphatic carbocycles. The Kier molecular flexibility index (Phi) is 6.33. The molecule has 0 aromatic carbocycles. The maximum absolute atomic E-state index is 12.8. The van der Waals surface area contributed by atoms with Crippen LogP contribution in [0.4, 0.5) is 0 Å². The summed E-state index contributed by atoms with van der Waals surface area (Å²) >= 11 is 1.56. The lowest BCUT2D eigenvalue weighted by Crippen LogP contribution is -2.41. The molecule has 2 amide bonds. The third-order valence-electron chi connectivity index (χ3n) is 6.17. The Hall–Kier alpha value is -2.15. The molecule has 3 heterocycles. The topological polar surface area (TPSA) is 66.7 Å². The quantitative estimate of drug-likeness (QED) is 0.730. The second-order valence-electron chi connectivity index (χ2n) is 8.25. The summed E-state index contributed by atoms with van der Waals surface area (Å²) < 4.78 is 5.32. The molecular formula is C22H29N3O3S. The van der Waals surface area contributed by atoms with Crippen molar-refractivity contribution < 1.29 is 14.0 Å². The van der Waals surface area contributed by atoms with Gasteiger partial charge in [-0.1, -0.05) is 19.3 Å². The highest BCUT2D eigenvalue weighted by Gasteiger charge is 2.30. The summed E-state index contributed by atoms with van der Waals surface area (Å²) in [5.74, 6) is 1.61. The Balaban J connectivity index is 1.31. The Morgan fingerprint density at radius 2 is 1.97 bits per heavy atom. The minimum Gasteiger partial charge on any atom is -0.467 e. The Morgan fingerprint density at radius 3 is 2.66 bits per heavy atom. The van der Waals surface area contributed by atoms with Gasteiger partial charge in [0.05, 0.1) is 17.8 Å². The van der Waals surface area contributed by atoms with Crippen LogP contribution in [0.2, 0.25) is 0 Å². The van der Waals surface area contributed by atoms with Gasteiger partial charge in [-0.25, -0.2) is 4.98 Å². The van der Waals surface area contributed by atoms with Crippen molar-refractivity contribution in [2.75, 3.05) is 20.1 Å². The van der Waals surface area contributed by atoms with Crippen molar-refractivity contribution in [3.8, 4) is 0 Å². The van der Waals surface area contributed by atoms with Crippen molar-refractivity contribution in [3.63, 3.8) is 0 Å². The summed E-state index contributed by atoms with van der Waals surface area (Å²) in [5.41, 5.74) is 0.500. The molecule has 29 heavy (non-hydrogen) atoms. The highest BCUT2D eigenvalue weighted by molar-refractivity contribution is 7.09. The predicted molar refractivity (Wildman–Crippen MR) is 112 cm³/mol. The summed E-state index contributed by atoms with van der Waals surface area (Å²) in [6, 6.07) is 3.68. The maximum Gasteiger partial charge on any atom is 0.273 e. The number of thiazole rings is 1. The molecule has 156 valence electrons. The average Bonchev–Trinajstić information content (AvgIpc) is 3.46. The molecule has 1 saturated heterocycles. The first-order valence-corrected chi connectivity index (χ1v) is 11.5. The molecule has 0 bridgehead atoms. The van der Waals surface area contributed by atoms with Gasteiger partial charge in [-0.3, -0.25) is 9.59 Å². The zero-order valence-corrected chi connectivity index (χ0v) is 17.8. The van der Waals surface area contributed by atoms with E-state index in [1.54, 1.807) is 29.5 Å². The average molecular weight is 416 g/mol. The minimum atomic E-state index is -0.0891. The van der Waals surface area contributed by atoms with Crippen molar-refractivity contribution in [1.29, 1.82) is 0 Å². The van der Waals surface area contributed by atoms with Gasteiger partial charge in [-0.15, -0.1) is 11.3 Å². The number of rotatable bonds is 5. The number of nitrogens with zero attached hydrogens (tertiary/aromatic N) is 3. The molecule has 1 saturated carbocycles. The van der Waals surface area contributed by atoms with Crippen LogP contribution in [-0.2, 0) is 11.3 Å². The van der Waals surface area contributed by atoms with Crippen LogP contribution >= 0.6 is 11.3 Å². The lowest BCUT2D eigenvalue weighted by Gasteiger charge is -2.34. The van der Waals surface area contributed by atoms with Crippen LogP contribution in [0.5, 0.6) is 0 Å². The van der Waals surface area contributed by atoms with E-state index in [2.05, 4.69) is 9.88 Å². The first-order chi connectivity index (χ1) is 14.1. The highest BCUT2D eigenvalue weighted by atomic mass is 32.1. The van der Waals surface area contributed by atoms with Crippen LogP contribution in [0.3, 0.4) is 0 Å². The van der Waals surface area contributed by atoms with Crippen LogP contribution in [-0.4, -0.2) is 46.7 Å². The number of carbonyl (C=O) groups is 2. The van der Waals surface area contributed by atoms with Crippen LogP contribution < -0.4 is 0 Å². The van der Waals surface area contributed by atoms with Crippen LogP contribution in [0.1, 0.15) is 72.1 Å². The van der Waals surface area contributed by atoms with Gasteiger partial charge in [0.25, 0.3) is 5.91 Å². The summed E-state index contributed by atoms with van der Waals surface area (Å²) in [4.78, 5) is 33.7. The second kappa shape index (κ2) is 9.11. The minimum absolute atomic E-state index is 0.0891. The number of amides is 2. The van der Waals surface area contributed by atoms with E-state index in [1.165, 1.54) is 19.3 Å². The van der Waals surface area contributed by atoms with E-state index in [0.29, 0.717) is 24.1 Å². The standard InChI is InChI=1S/C22H29N3O3S/c1-24(14-18-8-5-13-28-18)22(27)19-15-29-20(23-19)16-9-11-25(12-10-16)21(26)17-6-3-2-4-7-17/h5,8,13,15-17H,2-4,6-7,9-12,14H2,1H3. The van der Waals surface area contributed by atoms with Gasteiger partial charge in [0.15, 0.2) is 0 Å². The molecular weight excluding hydrogens is 386 g/mol. The molecule has 2 aromatic heterocycles. The first kappa shape index (κ1) is 20.1. The summed E-state index contributed by atoms with van der Waals surface area (Å²) in [6.07, 6.45) is 9.25. The third kappa shape index (κ3) is 4.71. The normalized spacial score (nSPS) is 18.7. The van der Waals surface area contributed by atoms with Crippen LogP contribution in [0, 0.1) is 5.92 Å². The molecule has 0 N–H and O–H groups in total. The number of hydrogen-bond donors (Lipinski definition) is 0. The Morgan fingerprint density at radius 1 is 1.21 bits per heavy atom. The van der Waals surface area contributed by atoms with Crippen molar-refractivity contribution >= 4 is 23.2 Å². The number of piperidine rings is 1. The lowest BCUT2D eigenvalue weighted by molar-refractivity contribution is -0.137. The van der Waals surface area contributed by atoms with E-state index in [-0.39, 0.29) is 11.8 Å². The summed E-state index contributed by atoms with van der Waals surface area (Å²) in [7, 11) is 1.76. The Bertz CT molecular complexity index is 818. The van der Waals surface area contributed by atoms with Crippen molar-refractivity contribution in [1.82, 2.24) is 14.8 Å². The van der Waals surface area contributed by atoms with Crippen molar-refractivity contribution in [3.05, 3.63) is 40.2 Å². The van der Waals surface area contributed by atoms with Gasteiger partial charge >= 0.3 is 0 Å². The second-order valence-corrected chi connectivity index (χ2v) is 9.14. The number of furan rings is 1. The van der Waals surface area contributed by atoms with Crippen molar-refractivity contribution in [2.45, 2.75) is 57.4 Å². The van der Waals surface area contributed by atoms with E-state index in [1.807, 2.05) is 17.5 Å². The molecule has 0 atom stereocenters. The van der Waals surface area contributed by atoms with Crippen LogP contribution in [0.25, 0.3) is 0 Å². The number of carbonyl (C=O) groups excluding carboxylic acids is 2. The van der Waals surface area contributed by atoms with Gasteiger partial charge < -0.3 is 14.2 Å². The van der Waals surface area contributed by atoms with Gasteiger partial charge in [0.1, 0.15) is 11.5 Å². The monoisotopic (exact) mass is 415 g/mol. The SMILES string of the molecule is CN(Cc1ccco1)C(=O)c1csc(C2CCN(C(=O)C3CCCCC3)CC2)n1. The van der Waals surface area contributed by atoms with Gasteiger partial charge in [0, 0.05) is 37.4 Å². The molecule has 7 heteroatoms. The molecule has 2 aliphatic rings. The molecule has 2 aromatic rings. The molecule has 2 fully saturated rings. The molecule has 0 spiro atoms. The van der Waals surface area contributed by atoms with E-state index in [4.69, 9.17) is 4.42 Å². The highest BCUT2D eigenvalue weighted by Crippen LogP contribution is 2.32. The van der Waals surface area contributed by atoms with Gasteiger partial charge in [-0.05, 0) is 37.8 Å². The fourth-order valence-electron chi connectivity index (χ4n) is 4.43. The fourth-order valence-corrected chi connectivity index (χ4v) is 5.40. The molecule has 6 nitrogen and oxygen atoms in total. The van der Waals surface area contributed by atoms with Gasteiger partial charge in [-0.2, -0.15) is 0 Å². The van der Waals surface area contributed by atoms with E-state index < -0.39 is 0 Å². The molecule has 1 aliphatic heterocycles. The zero-order chi connectivity index (χ0) is 20.2. The maximum atomic E-state index is 12.8. The largest absolute Gasteiger partial charge is 0.467 e. The van der Waals surface area contributed by atoms with E-state index >= 15 is 0 Å². The summed E-state index contributed by atoms with van der Waals surface area (Å²) in [5, 5.41) is 2.88. The number of aromatic nitrogens is 1. The smallest absolute Gasteiger partial charge is 0.273 e. The van der Waals surface area contributed by atoms with E-state index in [9.17, 15) is 9.59 Å². The van der Waals surface area contributed by atoms with Gasteiger partial charge in [0.2, 0.25) is 5.91 Å². The lowest BCUT2D eigenvalue weighted by atomic mass is 9.87. The molecule has 0 unspecified atom stereocenters. The predicted octanol–water partition coefficient (Wildman–Crippen LogP) is 4.29. The van der Waals surface area contributed by atoms with Crippen molar-refractivity contribution in [2.24, 2.45) is 5.92 Å². The molecule has 4 rings (SSSR count). The zero-order valence-electron chi connectivity index (χ0n) is 17.0.